The Labute approximate surface area is 216 Å². The lowest BCUT2D eigenvalue weighted by molar-refractivity contribution is -0.463. The summed E-state index contributed by atoms with van der Waals surface area (Å²) in [6.45, 7) is 10.9. The molecular weight excluding hydrogens is 480 g/mol. The number of hydrogen-bond donors (Lipinski definition) is 3. The van der Waals surface area contributed by atoms with E-state index in [1.54, 1.807) is 12.5 Å². The average Bonchev–Trinajstić information content (AvgIpc) is 3.38. The van der Waals surface area contributed by atoms with Gasteiger partial charge in [0.1, 0.15) is 17.3 Å². The van der Waals surface area contributed by atoms with Crippen LogP contribution in [-0.4, -0.2) is 69.0 Å². The number of aliphatic hydroxyl groups is 3. The SMILES string of the molecule is CC(=O)O[C@H]1CC(=O)OC(C)(C)[C@@H]2C[C@H]3O[C@@]45[C@H](O)C[C@H](c6ccoc6)[C@]4(C)[C@@H](O)[C@H](O)[C@H]([C@@]12C)[C@@]35C. The first-order valence-electron chi connectivity index (χ1n) is 13.3. The van der Waals surface area contributed by atoms with Crippen molar-refractivity contribution in [2.24, 2.45) is 28.1 Å². The van der Waals surface area contributed by atoms with Gasteiger partial charge in [-0.05, 0) is 38.3 Å². The van der Waals surface area contributed by atoms with Crippen LogP contribution in [0.15, 0.2) is 23.0 Å². The molecule has 3 saturated carbocycles. The highest BCUT2D eigenvalue weighted by Gasteiger charge is 2.89. The van der Waals surface area contributed by atoms with Gasteiger partial charge in [-0.25, -0.2) is 0 Å². The molecule has 0 bridgehead atoms. The number of carbonyl (C=O) groups excluding carboxylic acids is 2. The molecular formula is C28H38O9. The van der Waals surface area contributed by atoms with Gasteiger partial charge in [0, 0.05) is 40.9 Å². The van der Waals surface area contributed by atoms with Gasteiger partial charge >= 0.3 is 11.9 Å². The number of rotatable bonds is 2. The third-order valence-corrected chi connectivity index (χ3v) is 11.6. The Morgan fingerprint density at radius 2 is 1.78 bits per heavy atom. The van der Waals surface area contributed by atoms with Gasteiger partial charge in [-0.15, -0.1) is 0 Å². The van der Waals surface area contributed by atoms with E-state index < -0.39 is 69.7 Å². The summed E-state index contributed by atoms with van der Waals surface area (Å²) in [5.74, 6) is -2.31. The molecule has 37 heavy (non-hydrogen) atoms. The molecule has 2 aliphatic heterocycles. The second-order valence-electron chi connectivity index (χ2n) is 13.2. The molecule has 0 unspecified atom stereocenters. The maximum Gasteiger partial charge on any atom is 0.310 e. The Balaban J connectivity index is 1.57. The third kappa shape index (κ3) is 2.64. The fraction of sp³-hybridized carbons (Fsp3) is 0.786. The summed E-state index contributed by atoms with van der Waals surface area (Å²) in [7, 11) is 0. The molecule has 1 aromatic rings. The molecule has 1 spiro atoms. The molecule has 12 atom stereocenters. The number of esters is 2. The Hall–Kier alpha value is -1.94. The van der Waals surface area contributed by atoms with E-state index in [0.29, 0.717) is 12.8 Å². The number of fused-ring (bicyclic) bond motifs is 2. The van der Waals surface area contributed by atoms with Crippen LogP contribution in [0.4, 0.5) is 0 Å². The molecule has 9 heteroatoms. The highest BCUT2D eigenvalue weighted by molar-refractivity contribution is 5.73. The fourth-order valence-electron chi connectivity index (χ4n) is 10.4. The monoisotopic (exact) mass is 518 g/mol. The van der Waals surface area contributed by atoms with Crippen LogP contribution in [0.3, 0.4) is 0 Å². The van der Waals surface area contributed by atoms with Crippen molar-refractivity contribution in [1.82, 2.24) is 0 Å². The highest BCUT2D eigenvalue weighted by atomic mass is 16.6. The first-order valence-corrected chi connectivity index (χ1v) is 13.3. The second kappa shape index (κ2) is 7.37. The molecule has 1 aromatic heterocycles. The molecule has 204 valence electrons. The third-order valence-electron chi connectivity index (χ3n) is 11.6. The summed E-state index contributed by atoms with van der Waals surface area (Å²) < 4.78 is 23.8. The van der Waals surface area contributed by atoms with Gasteiger partial charge in [-0.1, -0.05) is 20.8 Å². The zero-order valence-electron chi connectivity index (χ0n) is 22.3. The predicted molar refractivity (Wildman–Crippen MR) is 128 cm³/mol. The quantitative estimate of drug-likeness (QED) is 0.504. The molecule has 0 amide bonds. The normalized spacial score (nSPS) is 53.6. The lowest BCUT2D eigenvalue weighted by Crippen LogP contribution is -2.89. The number of cyclic esters (lactones) is 1. The van der Waals surface area contributed by atoms with Crippen LogP contribution in [0, 0.1) is 28.1 Å². The summed E-state index contributed by atoms with van der Waals surface area (Å²) in [5.41, 5.74) is -4.03. The van der Waals surface area contributed by atoms with Gasteiger partial charge in [0.2, 0.25) is 0 Å². The second-order valence-corrected chi connectivity index (χ2v) is 13.2. The molecule has 9 nitrogen and oxygen atoms in total. The van der Waals surface area contributed by atoms with Crippen LogP contribution >= 0.6 is 0 Å². The van der Waals surface area contributed by atoms with Crippen molar-refractivity contribution in [3.63, 3.8) is 0 Å². The minimum Gasteiger partial charge on any atom is -0.472 e. The van der Waals surface area contributed by atoms with Crippen LogP contribution in [-0.2, 0) is 23.8 Å². The zero-order chi connectivity index (χ0) is 26.9. The minimum absolute atomic E-state index is 0.151. The maximum absolute atomic E-state index is 12.9. The lowest BCUT2D eigenvalue weighted by Gasteiger charge is -2.80. The molecule has 3 aliphatic carbocycles. The van der Waals surface area contributed by atoms with Gasteiger partial charge < -0.3 is 33.9 Å². The highest BCUT2D eigenvalue weighted by Crippen LogP contribution is 2.81. The smallest absolute Gasteiger partial charge is 0.310 e. The Morgan fingerprint density at radius 3 is 2.41 bits per heavy atom. The van der Waals surface area contributed by atoms with E-state index in [1.807, 2.05) is 40.7 Å². The van der Waals surface area contributed by atoms with Gasteiger partial charge in [0.25, 0.3) is 0 Å². The molecule has 0 radical (unpaired) electrons. The van der Waals surface area contributed by atoms with Crippen molar-refractivity contribution in [3.05, 3.63) is 24.2 Å². The van der Waals surface area contributed by atoms with Crippen LogP contribution in [0.2, 0.25) is 0 Å². The van der Waals surface area contributed by atoms with E-state index in [9.17, 15) is 24.9 Å². The Kier molecular flexibility index (Phi) is 5.05. The first-order chi connectivity index (χ1) is 17.2. The van der Waals surface area contributed by atoms with Crippen molar-refractivity contribution in [1.29, 1.82) is 0 Å². The topological polar surface area (TPSA) is 136 Å². The predicted octanol–water partition coefficient (Wildman–Crippen LogP) is 2.31. The molecule has 3 N–H and O–H groups in total. The average molecular weight is 519 g/mol. The number of aliphatic hydroxyl groups excluding tert-OH is 3. The number of ether oxygens (including phenoxy) is 3. The van der Waals surface area contributed by atoms with E-state index in [0.717, 1.165) is 5.56 Å². The van der Waals surface area contributed by atoms with Gasteiger partial charge in [-0.3, -0.25) is 9.59 Å². The van der Waals surface area contributed by atoms with Crippen molar-refractivity contribution in [2.45, 2.75) is 108 Å². The van der Waals surface area contributed by atoms with E-state index in [2.05, 4.69) is 0 Å². The number of furan rings is 1. The molecule has 5 aliphatic rings. The van der Waals surface area contributed by atoms with Gasteiger partial charge in [0.15, 0.2) is 0 Å². The van der Waals surface area contributed by atoms with Crippen LogP contribution in [0.1, 0.15) is 72.3 Å². The van der Waals surface area contributed by atoms with E-state index >= 15 is 0 Å². The Bertz CT molecular complexity index is 1130. The Morgan fingerprint density at radius 1 is 1.08 bits per heavy atom. The van der Waals surface area contributed by atoms with E-state index in [4.69, 9.17) is 18.6 Å². The zero-order valence-corrected chi connectivity index (χ0v) is 22.3. The summed E-state index contributed by atoms with van der Waals surface area (Å²) in [6, 6.07) is 1.83. The molecule has 5 fully saturated rings. The summed E-state index contributed by atoms with van der Waals surface area (Å²) in [6.07, 6.45) is -0.768. The fourth-order valence-corrected chi connectivity index (χ4v) is 10.4. The molecule has 2 saturated heterocycles. The lowest BCUT2D eigenvalue weighted by atomic mass is 9.32. The van der Waals surface area contributed by atoms with Crippen molar-refractivity contribution >= 4 is 11.9 Å². The van der Waals surface area contributed by atoms with E-state index in [-0.39, 0.29) is 24.4 Å². The van der Waals surface area contributed by atoms with E-state index in [1.165, 1.54) is 6.92 Å². The van der Waals surface area contributed by atoms with Gasteiger partial charge in [0.05, 0.1) is 43.4 Å². The minimum atomic E-state index is -1.26. The van der Waals surface area contributed by atoms with Crippen LogP contribution in [0.5, 0.6) is 0 Å². The van der Waals surface area contributed by atoms with Crippen LogP contribution < -0.4 is 0 Å². The number of hydrogen-bond acceptors (Lipinski definition) is 9. The van der Waals surface area contributed by atoms with Crippen LogP contribution in [0.25, 0.3) is 0 Å². The summed E-state index contributed by atoms with van der Waals surface area (Å²) >= 11 is 0. The maximum atomic E-state index is 12.9. The largest absolute Gasteiger partial charge is 0.472 e. The van der Waals surface area contributed by atoms with Crippen molar-refractivity contribution in [2.75, 3.05) is 0 Å². The standard InChI is InChI=1S/C28H38O9/c1-13(29)35-18-11-20(31)37-24(2,3)16-10-19-27(6)22(25(16,18)4)21(32)23(33)26(5)15(14-7-8-34-12-14)9-17(30)28(26,27)36-19/h7-8,12,15-19,21-23,30,32-33H,9-11H2,1-6H3/t15-,16+,17-,18+,19-,21-,22-,23+,25-,26-,27-,28+/m1/s1. The van der Waals surface area contributed by atoms with Crippen molar-refractivity contribution < 1.29 is 43.5 Å². The number of carbonyl (C=O) groups is 2. The first kappa shape index (κ1) is 25.3. The molecule has 6 rings (SSSR count). The van der Waals surface area contributed by atoms with Gasteiger partial charge in [-0.2, -0.15) is 0 Å². The molecule has 3 heterocycles. The summed E-state index contributed by atoms with van der Waals surface area (Å²) in [4.78, 5) is 25.2. The summed E-state index contributed by atoms with van der Waals surface area (Å²) in [5, 5.41) is 35.8. The molecule has 0 aromatic carbocycles. The van der Waals surface area contributed by atoms with Crippen molar-refractivity contribution in [3.8, 4) is 0 Å².